The molecule has 0 saturated carbocycles. The SMILES string of the molecule is C[C@@H]1[C@@H](O)OC[C@H]1C(=O)CF. The van der Waals surface area contributed by atoms with Gasteiger partial charge in [-0.2, -0.15) is 0 Å². The fourth-order valence-corrected chi connectivity index (χ4v) is 1.19. The summed E-state index contributed by atoms with van der Waals surface area (Å²) in [6.07, 6.45) is -0.907. The molecule has 1 aliphatic heterocycles. The number of hydrogen-bond acceptors (Lipinski definition) is 3. The predicted molar refractivity (Wildman–Crippen MR) is 35.6 cm³/mol. The van der Waals surface area contributed by atoms with Gasteiger partial charge in [0, 0.05) is 5.92 Å². The number of carbonyl (C=O) groups is 1. The van der Waals surface area contributed by atoms with Gasteiger partial charge in [0.25, 0.3) is 0 Å². The van der Waals surface area contributed by atoms with Crippen LogP contribution in [0.25, 0.3) is 0 Å². The molecule has 0 aromatic carbocycles. The summed E-state index contributed by atoms with van der Waals surface area (Å²) in [5, 5.41) is 9.02. The first-order valence-electron chi connectivity index (χ1n) is 3.55. The van der Waals surface area contributed by atoms with Gasteiger partial charge in [0.05, 0.1) is 12.5 Å². The lowest BCUT2D eigenvalue weighted by Crippen LogP contribution is -2.24. The van der Waals surface area contributed by atoms with Crippen molar-refractivity contribution in [1.82, 2.24) is 0 Å². The fraction of sp³-hybridized carbons (Fsp3) is 0.857. The number of ketones is 1. The molecule has 0 unspecified atom stereocenters. The Kier molecular flexibility index (Phi) is 2.57. The highest BCUT2D eigenvalue weighted by atomic mass is 19.1. The van der Waals surface area contributed by atoms with Crippen LogP contribution in [0, 0.1) is 11.8 Å². The first-order valence-corrected chi connectivity index (χ1v) is 3.55. The summed E-state index contributed by atoms with van der Waals surface area (Å²) in [4.78, 5) is 10.8. The van der Waals surface area contributed by atoms with Crippen LogP contribution in [0.1, 0.15) is 6.92 Å². The molecule has 1 heterocycles. The average molecular weight is 162 g/mol. The number of Topliss-reactive ketones (excluding diaryl/α,β-unsaturated/α-hetero) is 1. The summed E-state index contributed by atoms with van der Waals surface area (Å²) in [7, 11) is 0. The minimum atomic E-state index is -0.967. The van der Waals surface area contributed by atoms with E-state index in [2.05, 4.69) is 0 Å². The molecule has 0 aliphatic carbocycles. The van der Waals surface area contributed by atoms with Gasteiger partial charge in [0.15, 0.2) is 12.1 Å². The lowest BCUT2D eigenvalue weighted by molar-refractivity contribution is -0.124. The Hall–Kier alpha value is -0.480. The largest absolute Gasteiger partial charge is 0.368 e. The van der Waals surface area contributed by atoms with E-state index < -0.39 is 24.7 Å². The van der Waals surface area contributed by atoms with Crippen LogP contribution >= 0.6 is 0 Å². The van der Waals surface area contributed by atoms with Crippen molar-refractivity contribution in [3.8, 4) is 0 Å². The molecule has 1 saturated heterocycles. The maximum Gasteiger partial charge on any atom is 0.169 e. The lowest BCUT2D eigenvalue weighted by atomic mass is 9.93. The van der Waals surface area contributed by atoms with Gasteiger partial charge in [-0.25, -0.2) is 4.39 Å². The Labute approximate surface area is 64.2 Å². The maximum absolute atomic E-state index is 11.9. The van der Waals surface area contributed by atoms with Crippen molar-refractivity contribution in [3.63, 3.8) is 0 Å². The topological polar surface area (TPSA) is 46.5 Å². The Morgan fingerprint density at radius 3 is 2.82 bits per heavy atom. The lowest BCUT2D eigenvalue weighted by Gasteiger charge is -2.10. The van der Waals surface area contributed by atoms with E-state index in [0.717, 1.165) is 0 Å². The summed E-state index contributed by atoms with van der Waals surface area (Å²) in [5.74, 6) is -1.22. The van der Waals surface area contributed by atoms with E-state index in [1.54, 1.807) is 6.92 Å². The number of ether oxygens (including phenoxy) is 1. The van der Waals surface area contributed by atoms with Crippen LogP contribution in [-0.2, 0) is 9.53 Å². The van der Waals surface area contributed by atoms with Crippen molar-refractivity contribution in [2.75, 3.05) is 13.3 Å². The van der Waals surface area contributed by atoms with E-state index in [0.29, 0.717) is 0 Å². The van der Waals surface area contributed by atoms with Gasteiger partial charge in [-0.15, -0.1) is 0 Å². The molecule has 11 heavy (non-hydrogen) atoms. The van der Waals surface area contributed by atoms with Crippen LogP contribution in [0.3, 0.4) is 0 Å². The standard InChI is InChI=1S/C7H11FO3/c1-4-5(6(9)2-8)3-11-7(4)10/h4-5,7,10H,2-3H2,1H3/t4-,5+,7-/m0/s1. The van der Waals surface area contributed by atoms with Crippen molar-refractivity contribution in [1.29, 1.82) is 0 Å². The summed E-state index contributed by atoms with van der Waals surface area (Å²) in [5.41, 5.74) is 0. The van der Waals surface area contributed by atoms with Gasteiger partial charge in [0.2, 0.25) is 0 Å². The highest BCUT2D eigenvalue weighted by molar-refractivity contribution is 5.82. The molecule has 1 fully saturated rings. The molecule has 0 spiro atoms. The van der Waals surface area contributed by atoms with Gasteiger partial charge in [-0.1, -0.05) is 6.92 Å². The Morgan fingerprint density at radius 1 is 1.82 bits per heavy atom. The zero-order valence-electron chi connectivity index (χ0n) is 6.29. The first-order chi connectivity index (χ1) is 5.16. The summed E-state index contributed by atoms with van der Waals surface area (Å²) in [6.45, 7) is 0.853. The van der Waals surface area contributed by atoms with Crippen LogP contribution in [0.5, 0.6) is 0 Å². The highest BCUT2D eigenvalue weighted by Crippen LogP contribution is 2.25. The second-order valence-electron chi connectivity index (χ2n) is 2.79. The molecular weight excluding hydrogens is 151 g/mol. The van der Waals surface area contributed by atoms with Crippen molar-refractivity contribution < 1.29 is 19.0 Å². The zero-order chi connectivity index (χ0) is 8.43. The van der Waals surface area contributed by atoms with Gasteiger partial charge in [-0.3, -0.25) is 4.79 Å². The van der Waals surface area contributed by atoms with Crippen molar-refractivity contribution >= 4 is 5.78 Å². The molecule has 0 radical (unpaired) electrons. The molecular formula is C7H11FO3. The van der Waals surface area contributed by atoms with Gasteiger partial charge >= 0.3 is 0 Å². The molecule has 64 valence electrons. The summed E-state index contributed by atoms with van der Waals surface area (Å²) < 4.78 is 16.6. The number of alkyl halides is 1. The quantitative estimate of drug-likeness (QED) is 0.627. The number of rotatable bonds is 2. The van der Waals surface area contributed by atoms with Crippen LogP contribution in [0.4, 0.5) is 4.39 Å². The normalized spacial score (nSPS) is 37.5. The third kappa shape index (κ3) is 1.57. The minimum Gasteiger partial charge on any atom is -0.368 e. The van der Waals surface area contributed by atoms with E-state index in [4.69, 9.17) is 9.84 Å². The van der Waals surface area contributed by atoms with E-state index in [9.17, 15) is 9.18 Å². The molecule has 3 atom stereocenters. The number of aliphatic hydroxyl groups is 1. The minimum absolute atomic E-state index is 0.144. The van der Waals surface area contributed by atoms with Gasteiger partial charge in [-0.05, 0) is 0 Å². The molecule has 3 nitrogen and oxygen atoms in total. The van der Waals surface area contributed by atoms with Crippen LogP contribution < -0.4 is 0 Å². The molecule has 1 rings (SSSR count). The van der Waals surface area contributed by atoms with E-state index in [1.807, 2.05) is 0 Å². The molecule has 1 aliphatic rings. The summed E-state index contributed by atoms with van der Waals surface area (Å²) >= 11 is 0. The van der Waals surface area contributed by atoms with Crippen molar-refractivity contribution in [2.45, 2.75) is 13.2 Å². The van der Waals surface area contributed by atoms with Crippen LogP contribution in [0.2, 0.25) is 0 Å². The monoisotopic (exact) mass is 162 g/mol. The number of aliphatic hydroxyl groups excluding tert-OH is 1. The molecule has 0 aromatic rings. The zero-order valence-corrected chi connectivity index (χ0v) is 6.29. The molecule has 4 heteroatoms. The average Bonchev–Trinajstić information content (AvgIpc) is 2.32. The molecule has 1 N–H and O–H groups in total. The number of carbonyl (C=O) groups excluding carboxylic acids is 1. The summed E-state index contributed by atoms with van der Waals surface area (Å²) in [6, 6.07) is 0. The fourth-order valence-electron chi connectivity index (χ4n) is 1.19. The third-order valence-electron chi connectivity index (χ3n) is 2.08. The van der Waals surface area contributed by atoms with E-state index >= 15 is 0 Å². The van der Waals surface area contributed by atoms with Crippen molar-refractivity contribution in [2.24, 2.45) is 11.8 Å². The van der Waals surface area contributed by atoms with Crippen LogP contribution in [-0.4, -0.2) is 30.5 Å². The third-order valence-corrected chi connectivity index (χ3v) is 2.08. The van der Waals surface area contributed by atoms with E-state index in [-0.39, 0.29) is 12.5 Å². The Balaban J connectivity index is 2.54. The second kappa shape index (κ2) is 3.28. The van der Waals surface area contributed by atoms with E-state index in [1.165, 1.54) is 0 Å². The smallest absolute Gasteiger partial charge is 0.169 e. The molecule has 0 amide bonds. The van der Waals surface area contributed by atoms with Crippen molar-refractivity contribution in [3.05, 3.63) is 0 Å². The van der Waals surface area contributed by atoms with Gasteiger partial charge < -0.3 is 9.84 Å². The van der Waals surface area contributed by atoms with Crippen LogP contribution in [0.15, 0.2) is 0 Å². The maximum atomic E-state index is 11.9. The molecule has 0 aromatic heterocycles. The predicted octanol–water partition coefficient (Wildman–Crippen LogP) is 0.126. The first kappa shape index (κ1) is 8.62. The Morgan fingerprint density at radius 2 is 2.45 bits per heavy atom. The second-order valence-corrected chi connectivity index (χ2v) is 2.79. The Bertz CT molecular complexity index is 160. The van der Waals surface area contributed by atoms with Gasteiger partial charge in [0.1, 0.15) is 6.67 Å². The highest BCUT2D eigenvalue weighted by Gasteiger charge is 2.36. The number of halogens is 1. The number of hydrogen-bond donors (Lipinski definition) is 1. The molecule has 0 bridgehead atoms.